The molecule has 1 aliphatic heterocycles. The zero-order valence-corrected chi connectivity index (χ0v) is 7.13. The summed E-state index contributed by atoms with van der Waals surface area (Å²) in [6, 6.07) is 0. The first-order chi connectivity index (χ1) is 6.11. The highest BCUT2D eigenvalue weighted by molar-refractivity contribution is 4.90. The van der Waals surface area contributed by atoms with Gasteiger partial charge >= 0.3 is 0 Å². The molecule has 13 heavy (non-hydrogen) atoms. The maximum Gasteiger partial charge on any atom is 0.186 e. The summed E-state index contributed by atoms with van der Waals surface area (Å²) in [4.78, 5) is 0. The zero-order chi connectivity index (χ0) is 10.0. The third kappa shape index (κ3) is 1.97. The van der Waals surface area contributed by atoms with E-state index in [1.54, 1.807) is 0 Å². The van der Waals surface area contributed by atoms with Crippen molar-refractivity contribution in [3.05, 3.63) is 0 Å². The summed E-state index contributed by atoms with van der Waals surface area (Å²) in [7, 11) is 1.27. The average molecular weight is 196 g/mol. The molecule has 1 heterocycles. The molecule has 0 aromatic heterocycles. The number of ether oxygens (including phenoxy) is 2. The minimum absolute atomic E-state index is 0.759. The Bertz CT molecular complexity index is 167. The molecule has 0 radical (unpaired) electrons. The SMILES string of the molecule is COC1OC(C(F)CO)C(O)C1O. The molecule has 1 aliphatic rings. The predicted octanol–water partition coefficient (Wildman–Crippen LogP) is -1.59. The molecule has 0 saturated carbocycles. The van der Waals surface area contributed by atoms with Gasteiger partial charge in [-0.1, -0.05) is 0 Å². The number of hydrogen-bond donors (Lipinski definition) is 3. The second-order valence-corrected chi connectivity index (χ2v) is 2.88. The van der Waals surface area contributed by atoms with Crippen molar-refractivity contribution in [1.82, 2.24) is 0 Å². The van der Waals surface area contributed by atoms with Gasteiger partial charge < -0.3 is 24.8 Å². The van der Waals surface area contributed by atoms with Crippen LogP contribution in [-0.4, -0.2) is 59.8 Å². The van der Waals surface area contributed by atoms with Crippen LogP contribution in [0.15, 0.2) is 0 Å². The molecule has 0 amide bonds. The summed E-state index contributed by atoms with van der Waals surface area (Å²) >= 11 is 0. The highest BCUT2D eigenvalue weighted by Crippen LogP contribution is 2.25. The standard InChI is InChI=1S/C7H13FO5/c1-12-7-5(11)4(10)6(13-7)3(8)2-9/h3-7,9-11H,2H2,1H3. The van der Waals surface area contributed by atoms with Crippen LogP contribution in [0.4, 0.5) is 4.39 Å². The van der Waals surface area contributed by atoms with Gasteiger partial charge in [-0.25, -0.2) is 4.39 Å². The van der Waals surface area contributed by atoms with Crippen molar-refractivity contribution in [1.29, 1.82) is 0 Å². The van der Waals surface area contributed by atoms with Gasteiger partial charge in [0.05, 0.1) is 6.61 Å². The molecular formula is C7H13FO5. The first-order valence-corrected chi connectivity index (χ1v) is 3.91. The quantitative estimate of drug-likeness (QED) is 0.507. The lowest BCUT2D eigenvalue weighted by Gasteiger charge is -2.16. The fraction of sp³-hybridized carbons (Fsp3) is 1.00. The highest BCUT2D eigenvalue weighted by atomic mass is 19.1. The molecule has 0 spiro atoms. The van der Waals surface area contributed by atoms with Gasteiger partial charge in [0.1, 0.15) is 18.3 Å². The van der Waals surface area contributed by atoms with E-state index < -0.39 is 37.4 Å². The summed E-state index contributed by atoms with van der Waals surface area (Å²) in [5, 5.41) is 26.9. The zero-order valence-electron chi connectivity index (χ0n) is 7.13. The van der Waals surface area contributed by atoms with Gasteiger partial charge in [-0.15, -0.1) is 0 Å². The van der Waals surface area contributed by atoms with E-state index >= 15 is 0 Å². The summed E-state index contributed by atoms with van der Waals surface area (Å²) in [5.41, 5.74) is 0. The Kier molecular flexibility index (Phi) is 3.57. The molecule has 78 valence electrons. The van der Waals surface area contributed by atoms with Gasteiger partial charge in [-0.05, 0) is 0 Å². The van der Waals surface area contributed by atoms with E-state index in [9.17, 15) is 14.6 Å². The molecule has 5 unspecified atom stereocenters. The second-order valence-electron chi connectivity index (χ2n) is 2.88. The van der Waals surface area contributed by atoms with Crippen molar-refractivity contribution in [3.8, 4) is 0 Å². The molecule has 6 heteroatoms. The van der Waals surface area contributed by atoms with Crippen LogP contribution in [-0.2, 0) is 9.47 Å². The first kappa shape index (κ1) is 10.8. The second kappa shape index (κ2) is 4.30. The van der Waals surface area contributed by atoms with Crippen LogP contribution in [0.2, 0.25) is 0 Å². The first-order valence-electron chi connectivity index (χ1n) is 3.91. The molecule has 1 fully saturated rings. The molecule has 0 aromatic rings. The normalized spacial score (nSPS) is 42.2. The van der Waals surface area contributed by atoms with E-state index in [0.717, 1.165) is 0 Å². The Morgan fingerprint density at radius 1 is 1.46 bits per heavy atom. The fourth-order valence-corrected chi connectivity index (χ4v) is 1.27. The van der Waals surface area contributed by atoms with Gasteiger partial charge in [-0.2, -0.15) is 0 Å². The Hall–Kier alpha value is -0.270. The summed E-state index contributed by atoms with van der Waals surface area (Å²) in [5.74, 6) is 0. The Balaban J connectivity index is 2.60. The number of hydrogen-bond acceptors (Lipinski definition) is 5. The topological polar surface area (TPSA) is 79.2 Å². The minimum Gasteiger partial charge on any atom is -0.393 e. The molecule has 5 nitrogen and oxygen atoms in total. The lowest BCUT2D eigenvalue weighted by Crippen LogP contribution is -2.38. The third-order valence-corrected chi connectivity index (χ3v) is 2.02. The van der Waals surface area contributed by atoms with Crippen LogP contribution in [0.1, 0.15) is 0 Å². The van der Waals surface area contributed by atoms with Gasteiger partial charge in [0.15, 0.2) is 12.5 Å². The Morgan fingerprint density at radius 2 is 2.08 bits per heavy atom. The van der Waals surface area contributed by atoms with E-state index in [2.05, 4.69) is 4.74 Å². The van der Waals surface area contributed by atoms with Crippen molar-refractivity contribution in [2.24, 2.45) is 0 Å². The maximum absolute atomic E-state index is 12.9. The van der Waals surface area contributed by atoms with Crippen LogP contribution in [0.25, 0.3) is 0 Å². The van der Waals surface area contributed by atoms with Crippen molar-refractivity contribution in [3.63, 3.8) is 0 Å². The molecule has 1 saturated heterocycles. The number of aliphatic hydroxyl groups is 3. The molecule has 5 atom stereocenters. The highest BCUT2D eigenvalue weighted by Gasteiger charge is 2.46. The Morgan fingerprint density at radius 3 is 2.46 bits per heavy atom. The van der Waals surface area contributed by atoms with E-state index in [1.807, 2.05) is 0 Å². The molecular weight excluding hydrogens is 183 g/mol. The maximum atomic E-state index is 12.9. The molecule has 3 N–H and O–H groups in total. The van der Waals surface area contributed by atoms with Crippen LogP contribution in [0.5, 0.6) is 0 Å². The van der Waals surface area contributed by atoms with Crippen molar-refractivity contribution < 1.29 is 29.2 Å². The third-order valence-electron chi connectivity index (χ3n) is 2.02. The molecule has 1 rings (SSSR count). The number of rotatable bonds is 3. The fourth-order valence-electron chi connectivity index (χ4n) is 1.27. The van der Waals surface area contributed by atoms with E-state index in [-0.39, 0.29) is 0 Å². The summed E-state index contributed by atoms with van der Waals surface area (Å²) in [6.07, 6.45) is -6.63. The number of aliphatic hydroxyl groups excluding tert-OH is 3. The predicted molar refractivity (Wildman–Crippen MR) is 39.7 cm³/mol. The van der Waals surface area contributed by atoms with Gasteiger partial charge in [0, 0.05) is 7.11 Å². The number of alkyl halides is 1. The molecule has 0 aliphatic carbocycles. The van der Waals surface area contributed by atoms with Crippen LogP contribution in [0.3, 0.4) is 0 Å². The summed E-state index contributed by atoms with van der Waals surface area (Å²) in [6.45, 7) is -0.759. The van der Waals surface area contributed by atoms with Crippen LogP contribution >= 0.6 is 0 Å². The number of methoxy groups -OCH3 is 1. The van der Waals surface area contributed by atoms with Crippen molar-refractivity contribution >= 4 is 0 Å². The van der Waals surface area contributed by atoms with E-state index in [4.69, 9.17) is 9.84 Å². The Labute approximate surface area is 74.7 Å². The monoisotopic (exact) mass is 196 g/mol. The van der Waals surface area contributed by atoms with Crippen molar-refractivity contribution in [2.75, 3.05) is 13.7 Å². The smallest absolute Gasteiger partial charge is 0.186 e. The average Bonchev–Trinajstić information content (AvgIpc) is 2.43. The van der Waals surface area contributed by atoms with Crippen LogP contribution in [0, 0.1) is 0 Å². The van der Waals surface area contributed by atoms with Gasteiger partial charge in [-0.3, -0.25) is 0 Å². The molecule has 0 aromatic carbocycles. The summed E-state index contributed by atoms with van der Waals surface area (Å²) < 4.78 is 22.3. The van der Waals surface area contributed by atoms with Gasteiger partial charge in [0.25, 0.3) is 0 Å². The largest absolute Gasteiger partial charge is 0.393 e. The number of halogens is 1. The van der Waals surface area contributed by atoms with Crippen molar-refractivity contribution in [2.45, 2.75) is 30.8 Å². The minimum atomic E-state index is -1.72. The lowest BCUT2D eigenvalue weighted by molar-refractivity contribution is -0.159. The van der Waals surface area contributed by atoms with Gasteiger partial charge in [0.2, 0.25) is 0 Å². The lowest BCUT2D eigenvalue weighted by atomic mass is 10.1. The van der Waals surface area contributed by atoms with E-state index in [1.165, 1.54) is 7.11 Å². The molecule has 0 bridgehead atoms. The van der Waals surface area contributed by atoms with E-state index in [0.29, 0.717) is 0 Å². The van der Waals surface area contributed by atoms with Crippen LogP contribution < -0.4 is 0 Å².